The van der Waals surface area contributed by atoms with Gasteiger partial charge in [0.2, 0.25) is 0 Å². The van der Waals surface area contributed by atoms with Crippen LogP contribution in [0.25, 0.3) is 0 Å². The van der Waals surface area contributed by atoms with E-state index in [2.05, 4.69) is 0 Å². The SMILES string of the molecule is COc1cc(OCc2ccccc2)c([C@@H](N)[C@@H](O)C2CCC2)cc1OC. The standard InChI is InChI=1S/C21H27NO4/c1-24-18-11-16(20(22)21(23)15-9-6-10-15)17(12-19(18)25-2)26-13-14-7-4-3-5-8-14/h3-5,7-8,11-12,15,20-21,23H,6,9-10,13,22H2,1-2H3/t20-,21+/m1/s1. The molecule has 0 aliphatic heterocycles. The van der Waals surface area contributed by atoms with E-state index in [1.165, 1.54) is 0 Å². The van der Waals surface area contributed by atoms with Crippen LogP contribution in [0.15, 0.2) is 42.5 Å². The van der Waals surface area contributed by atoms with Crippen LogP contribution in [0.4, 0.5) is 0 Å². The fourth-order valence-electron chi connectivity index (χ4n) is 3.26. The average molecular weight is 357 g/mol. The lowest BCUT2D eigenvalue weighted by Crippen LogP contribution is -2.36. The lowest BCUT2D eigenvalue weighted by molar-refractivity contribution is 0.0404. The molecule has 3 N–H and O–H groups in total. The monoisotopic (exact) mass is 357 g/mol. The van der Waals surface area contributed by atoms with E-state index in [-0.39, 0.29) is 5.92 Å². The molecule has 0 heterocycles. The summed E-state index contributed by atoms with van der Waals surface area (Å²) in [6.07, 6.45) is 2.59. The third kappa shape index (κ3) is 3.94. The van der Waals surface area contributed by atoms with E-state index in [9.17, 15) is 5.11 Å². The number of ether oxygens (including phenoxy) is 3. The third-order valence-electron chi connectivity index (χ3n) is 5.11. The zero-order valence-corrected chi connectivity index (χ0v) is 15.4. The molecular weight excluding hydrogens is 330 g/mol. The third-order valence-corrected chi connectivity index (χ3v) is 5.11. The van der Waals surface area contributed by atoms with E-state index in [1.807, 2.05) is 36.4 Å². The maximum absolute atomic E-state index is 10.6. The van der Waals surface area contributed by atoms with Crippen LogP contribution in [-0.2, 0) is 6.61 Å². The first kappa shape index (κ1) is 18.5. The Labute approximate surface area is 154 Å². The minimum absolute atomic E-state index is 0.250. The molecule has 0 aromatic heterocycles. The van der Waals surface area contributed by atoms with Crippen molar-refractivity contribution in [2.24, 2.45) is 11.7 Å². The number of hydrogen-bond donors (Lipinski definition) is 2. The minimum Gasteiger partial charge on any atom is -0.493 e. The summed E-state index contributed by atoms with van der Waals surface area (Å²) < 4.78 is 16.8. The van der Waals surface area contributed by atoms with Crippen molar-refractivity contribution in [1.82, 2.24) is 0 Å². The van der Waals surface area contributed by atoms with Gasteiger partial charge in [-0.3, -0.25) is 0 Å². The van der Waals surface area contributed by atoms with Gasteiger partial charge in [-0.15, -0.1) is 0 Å². The van der Waals surface area contributed by atoms with Crippen LogP contribution < -0.4 is 19.9 Å². The Morgan fingerprint density at radius 1 is 1.04 bits per heavy atom. The van der Waals surface area contributed by atoms with Gasteiger partial charge in [-0.25, -0.2) is 0 Å². The van der Waals surface area contributed by atoms with Gasteiger partial charge in [0.15, 0.2) is 11.5 Å². The number of methoxy groups -OCH3 is 2. The molecule has 1 aliphatic rings. The summed E-state index contributed by atoms with van der Waals surface area (Å²) in [7, 11) is 3.17. The van der Waals surface area contributed by atoms with E-state index < -0.39 is 12.1 Å². The zero-order chi connectivity index (χ0) is 18.5. The summed E-state index contributed by atoms with van der Waals surface area (Å²) in [5.41, 5.74) is 8.20. The Bertz CT molecular complexity index is 715. The highest BCUT2D eigenvalue weighted by molar-refractivity contribution is 5.52. The first-order chi connectivity index (χ1) is 12.6. The molecular formula is C21H27NO4. The molecule has 26 heavy (non-hydrogen) atoms. The summed E-state index contributed by atoms with van der Waals surface area (Å²) in [5.74, 6) is 2.01. The fraction of sp³-hybridized carbons (Fsp3) is 0.429. The molecule has 140 valence electrons. The number of aliphatic hydroxyl groups excluding tert-OH is 1. The predicted molar refractivity (Wildman–Crippen MR) is 101 cm³/mol. The van der Waals surface area contributed by atoms with Gasteiger partial charge in [-0.05, 0) is 30.4 Å². The molecule has 5 heteroatoms. The van der Waals surface area contributed by atoms with Crippen molar-refractivity contribution in [3.8, 4) is 17.2 Å². The zero-order valence-electron chi connectivity index (χ0n) is 15.4. The summed E-state index contributed by atoms with van der Waals surface area (Å²) in [5, 5.41) is 10.6. The highest BCUT2D eigenvalue weighted by Crippen LogP contribution is 2.41. The Hall–Kier alpha value is -2.24. The normalized spacial score (nSPS) is 16.5. The molecule has 0 saturated heterocycles. The molecule has 2 aromatic carbocycles. The maximum atomic E-state index is 10.6. The topological polar surface area (TPSA) is 73.9 Å². The van der Waals surface area contributed by atoms with Crippen LogP contribution in [0.1, 0.15) is 36.4 Å². The number of hydrogen-bond acceptors (Lipinski definition) is 5. The van der Waals surface area contributed by atoms with E-state index in [0.717, 1.165) is 30.4 Å². The average Bonchev–Trinajstić information content (AvgIpc) is 2.64. The van der Waals surface area contributed by atoms with Crippen molar-refractivity contribution in [3.63, 3.8) is 0 Å². The van der Waals surface area contributed by atoms with Crippen molar-refractivity contribution in [2.75, 3.05) is 14.2 Å². The van der Waals surface area contributed by atoms with Gasteiger partial charge < -0.3 is 25.1 Å². The molecule has 0 unspecified atom stereocenters. The number of nitrogens with two attached hydrogens (primary N) is 1. The fourth-order valence-corrected chi connectivity index (χ4v) is 3.26. The molecule has 2 aromatic rings. The van der Waals surface area contributed by atoms with Crippen molar-refractivity contribution >= 4 is 0 Å². The number of benzene rings is 2. The lowest BCUT2D eigenvalue weighted by atomic mass is 9.77. The van der Waals surface area contributed by atoms with Gasteiger partial charge in [0, 0.05) is 11.6 Å². The maximum Gasteiger partial charge on any atom is 0.164 e. The summed E-state index contributed by atoms with van der Waals surface area (Å²) in [6.45, 7) is 0.412. The van der Waals surface area contributed by atoms with E-state index in [1.54, 1.807) is 20.3 Å². The predicted octanol–water partition coefficient (Wildman–Crippen LogP) is 3.44. The van der Waals surface area contributed by atoms with Gasteiger partial charge in [0.25, 0.3) is 0 Å². The first-order valence-corrected chi connectivity index (χ1v) is 9.00. The van der Waals surface area contributed by atoms with Gasteiger partial charge in [0.05, 0.1) is 26.4 Å². The van der Waals surface area contributed by atoms with Crippen molar-refractivity contribution in [1.29, 1.82) is 0 Å². The second kappa shape index (κ2) is 8.43. The summed E-state index contributed by atoms with van der Waals surface area (Å²) in [4.78, 5) is 0. The molecule has 3 rings (SSSR count). The van der Waals surface area contributed by atoms with Crippen LogP contribution in [0, 0.1) is 5.92 Å². The van der Waals surface area contributed by atoms with E-state index in [4.69, 9.17) is 19.9 Å². The summed E-state index contributed by atoms with van der Waals surface area (Å²) in [6, 6.07) is 13.0. The quantitative estimate of drug-likeness (QED) is 0.757. The second-order valence-corrected chi connectivity index (χ2v) is 6.73. The van der Waals surface area contributed by atoms with Crippen LogP contribution in [0.2, 0.25) is 0 Å². The second-order valence-electron chi connectivity index (χ2n) is 6.73. The lowest BCUT2D eigenvalue weighted by Gasteiger charge is -2.34. The van der Waals surface area contributed by atoms with Crippen LogP contribution in [0.5, 0.6) is 17.2 Å². The number of aliphatic hydroxyl groups is 1. The number of rotatable bonds is 8. The van der Waals surface area contributed by atoms with Crippen LogP contribution in [0.3, 0.4) is 0 Å². The molecule has 0 spiro atoms. The molecule has 1 aliphatic carbocycles. The molecule has 0 radical (unpaired) electrons. The smallest absolute Gasteiger partial charge is 0.164 e. The van der Waals surface area contributed by atoms with E-state index in [0.29, 0.717) is 23.9 Å². The first-order valence-electron chi connectivity index (χ1n) is 9.00. The largest absolute Gasteiger partial charge is 0.493 e. The Morgan fingerprint density at radius 3 is 2.27 bits per heavy atom. The van der Waals surface area contributed by atoms with E-state index >= 15 is 0 Å². The highest BCUT2D eigenvalue weighted by Gasteiger charge is 2.32. The molecule has 1 saturated carbocycles. The molecule has 2 atom stereocenters. The Morgan fingerprint density at radius 2 is 1.69 bits per heavy atom. The Kier molecular flexibility index (Phi) is 6.01. The van der Waals surface area contributed by atoms with Crippen molar-refractivity contribution in [3.05, 3.63) is 53.6 Å². The van der Waals surface area contributed by atoms with Crippen LogP contribution >= 0.6 is 0 Å². The van der Waals surface area contributed by atoms with Crippen LogP contribution in [-0.4, -0.2) is 25.4 Å². The van der Waals surface area contributed by atoms with Gasteiger partial charge in [-0.1, -0.05) is 36.8 Å². The minimum atomic E-state index is -0.596. The highest BCUT2D eigenvalue weighted by atomic mass is 16.5. The van der Waals surface area contributed by atoms with Crippen molar-refractivity contribution in [2.45, 2.75) is 38.0 Å². The summed E-state index contributed by atoms with van der Waals surface area (Å²) >= 11 is 0. The van der Waals surface area contributed by atoms with Gasteiger partial charge in [0.1, 0.15) is 12.4 Å². The Balaban J connectivity index is 1.88. The molecule has 5 nitrogen and oxygen atoms in total. The van der Waals surface area contributed by atoms with Gasteiger partial charge in [-0.2, -0.15) is 0 Å². The molecule has 0 bridgehead atoms. The molecule has 1 fully saturated rings. The molecule has 0 amide bonds. The van der Waals surface area contributed by atoms with Crippen molar-refractivity contribution < 1.29 is 19.3 Å². The van der Waals surface area contributed by atoms with Gasteiger partial charge >= 0.3 is 0 Å².